The van der Waals surface area contributed by atoms with Gasteiger partial charge in [0.1, 0.15) is 5.75 Å². The van der Waals surface area contributed by atoms with Gasteiger partial charge in [0.2, 0.25) is 10.0 Å². The number of rotatable bonds is 8. The van der Waals surface area contributed by atoms with E-state index in [1.807, 2.05) is 0 Å². The SMILES string of the molecule is CCN(c1ccc(OCC(=O)NCC2CCCO2)cc1)S(C)(=O)=O. The number of nitrogens with zero attached hydrogens (tertiary/aromatic N) is 1. The van der Waals surface area contributed by atoms with E-state index in [2.05, 4.69) is 5.32 Å². The lowest BCUT2D eigenvalue weighted by atomic mass is 10.2. The zero-order chi connectivity index (χ0) is 17.6. The molecule has 0 spiro atoms. The van der Waals surface area contributed by atoms with Gasteiger partial charge in [0.05, 0.1) is 18.0 Å². The Bertz CT molecular complexity index is 639. The van der Waals surface area contributed by atoms with E-state index < -0.39 is 10.0 Å². The minimum Gasteiger partial charge on any atom is -0.484 e. The highest BCUT2D eigenvalue weighted by atomic mass is 32.2. The summed E-state index contributed by atoms with van der Waals surface area (Å²) in [7, 11) is -3.31. The fraction of sp³-hybridized carbons (Fsp3) is 0.562. The Balaban J connectivity index is 1.81. The normalized spacial score (nSPS) is 17.5. The monoisotopic (exact) mass is 356 g/mol. The lowest BCUT2D eigenvalue weighted by Gasteiger charge is -2.20. The van der Waals surface area contributed by atoms with Crippen LogP contribution in [0.15, 0.2) is 24.3 Å². The summed E-state index contributed by atoms with van der Waals surface area (Å²) in [5.74, 6) is 0.302. The van der Waals surface area contributed by atoms with Gasteiger partial charge in [-0.05, 0) is 44.0 Å². The molecule has 7 nitrogen and oxygen atoms in total. The summed E-state index contributed by atoms with van der Waals surface area (Å²) in [6, 6.07) is 6.61. The van der Waals surface area contributed by atoms with Crippen molar-refractivity contribution in [1.82, 2.24) is 5.32 Å². The molecule has 0 radical (unpaired) electrons. The first-order valence-electron chi connectivity index (χ1n) is 7.99. The molecular weight excluding hydrogens is 332 g/mol. The number of anilines is 1. The molecule has 0 bridgehead atoms. The van der Waals surface area contributed by atoms with Crippen LogP contribution >= 0.6 is 0 Å². The van der Waals surface area contributed by atoms with Crippen LogP contribution in [0.3, 0.4) is 0 Å². The largest absolute Gasteiger partial charge is 0.484 e. The maximum atomic E-state index is 11.7. The molecule has 134 valence electrons. The van der Waals surface area contributed by atoms with Gasteiger partial charge in [-0.2, -0.15) is 0 Å². The number of sulfonamides is 1. The van der Waals surface area contributed by atoms with Crippen LogP contribution in [0, 0.1) is 0 Å². The molecule has 1 atom stereocenters. The van der Waals surface area contributed by atoms with Crippen LogP contribution < -0.4 is 14.4 Å². The third-order valence-corrected chi connectivity index (χ3v) is 5.00. The van der Waals surface area contributed by atoms with Crippen LogP contribution in [0.4, 0.5) is 5.69 Å². The Hall–Kier alpha value is -1.80. The highest BCUT2D eigenvalue weighted by Crippen LogP contribution is 2.21. The number of nitrogens with one attached hydrogen (secondary N) is 1. The quantitative estimate of drug-likeness (QED) is 0.755. The molecule has 0 aliphatic carbocycles. The minimum absolute atomic E-state index is 0.0877. The number of carbonyl (C=O) groups excluding carboxylic acids is 1. The maximum absolute atomic E-state index is 11.7. The van der Waals surface area contributed by atoms with Gasteiger partial charge in [0.15, 0.2) is 6.61 Å². The van der Waals surface area contributed by atoms with Crippen molar-refractivity contribution in [3.8, 4) is 5.75 Å². The van der Waals surface area contributed by atoms with E-state index in [4.69, 9.17) is 9.47 Å². The van der Waals surface area contributed by atoms with Crippen molar-refractivity contribution >= 4 is 21.6 Å². The summed E-state index contributed by atoms with van der Waals surface area (Å²) in [4.78, 5) is 11.7. The first-order valence-corrected chi connectivity index (χ1v) is 9.84. The second-order valence-electron chi connectivity index (χ2n) is 5.65. The van der Waals surface area contributed by atoms with Gasteiger partial charge in [0.25, 0.3) is 5.91 Å². The molecule has 1 unspecified atom stereocenters. The second kappa shape index (κ2) is 8.34. The van der Waals surface area contributed by atoms with E-state index in [-0.39, 0.29) is 18.6 Å². The number of hydrogen-bond donors (Lipinski definition) is 1. The molecule has 24 heavy (non-hydrogen) atoms. The Kier molecular flexibility index (Phi) is 6.44. The first kappa shape index (κ1) is 18.5. The molecule has 0 aromatic heterocycles. The van der Waals surface area contributed by atoms with Crippen LogP contribution in [-0.2, 0) is 19.6 Å². The first-order chi connectivity index (χ1) is 11.4. The number of carbonyl (C=O) groups is 1. The Labute approximate surface area is 143 Å². The molecular formula is C16H24N2O5S. The summed E-state index contributed by atoms with van der Waals surface area (Å²) in [6.07, 6.45) is 3.27. The maximum Gasteiger partial charge on any atom is 0.258 e. The number of amides is 1. The summed E-state index contributed by atoms with van der Waals surface area (Å²) < 4.78 is 35.5. The lowest BCUT2D eigenvalue weighted by Crippen LogP contribution is -2.35. The summed E-state index contributed by atoms with van der Waals surface area (Å²) in [5.41, 5.74) is 0.565. The molecule has 1 aromatic carbocycles. The van der Waals surface area contributed by atoms with E-state index in [1.165, 1.54) is 10.6 Å². The average Bonchev–Trinajstić information content (AvgIpc) is 3.05. The average molecular weight is 356 g/mol. The van der Waals surface area contributed by atoms with Gasteiger partial charge in [-0.1, -0.05) is 0 Å². The zero-order valence-corrected chi connectivity index (χ0v) is 14.8. The van der Waals surface area contributed by atoms with Crippen LogP contribution in [-0.4, -0.2) is 53.0 Å². The molecule has 1 aromatic rings. The lowest BCUT2D eigenvalue weighted by molar-refractivity contribution is -0.123. The van der Waals surface area contributed by atoms with E-state index in [1.54, 1.807) is 31.2 Å². The van der Waals surface area contributed by atoms with Crippen molar-refractivity contribution in [2.24, 2.45) is 0 Å². The summed E-state index contributed by atoms with van der Waals surface area (Å²) in [6.45, 7) is 3.29. The highest BCUT2D eigenvalue weighted by molar-refractivity contribution is 7.92. The van der Waals surface area contributed by atoms with Crippen molar-refractivity contribution in [3.63, 3.8) is 0 Å². The molecule has 1 heterocycles. The van der Waals surface area contributed by atoms with Crippen LogP contribution in [0.5, 0.6) is 5.75 Å². The Morgan fingerprint density at radius 3 is 2.62 bits per heavy atom. The van der Waals surface area contributed by atoms with E-state index >= 15 is 0 Å². The third kappa shape index (κ3) is 5.38. The molecule has 1 amide bonds. The standard InChI is InChI=1S/C16H24N2O5S/c1-3-18(24(2,20)21)13-6-8-14(9-7-13)23-12-16(19)17-11-15-5-4-10-22-15/h6-9,15H,3-5,10-12H2,1-2H3,(H,17,19). The van der Waals surface area contributed by atoms with Crippen molar-refractivity contribution in [1.29, 1.82) is 0 Å². The molecule has 0 saturated carbocycles. The van der Waals surface area contributed by atoms with E-state index in [9.17, 15) is 13.2 Å². The number of hydrogen-bond acceptors (Lipinski definition) is 5. The van der Waals surface area contributed by atoms with Crippen molar-refractivity contribution in [3.05, 3.63) is 24.3 Å². The van der Waals surface area contributed by atoms with Crippen LogP contribution in [0.25, 0.3) is 0 Å². The van der Waals surface area contributed by atoms with Gasteiger partial charge in [0, 0.05) is 19.7 Å². The van der Waals surface area contributed by atoms with Crippen molar-refractivity contribution < 1.29 is 22.7 Å². The van der Waals surface area contributed by atoms with Gasteiger partial charge in [-0.25, -0.2) is 8.42 Å². The van der Waals surface area contributed by atoms with Gasteiger partial charge in [-0.3, -0.25) is 9.10 Å². The zero-order valence-electron chi connectivity index (χ0n) is 14.0. The minimum atomic E-state index is -3.31. The Morgan fingerprint density at radius 2 is 2.08 bits per heavy atom. The molecule has 1 aliphatic heterocycles. The van der Waals surface area contributed by atoms with Crippen LogP contribution in [0.2, 0.25) is 0 Å². The number of benzene rings is 1. The predicted molar refractivity (Wildman–Crippen MR) is 91.8 cm³/mol. The van der Waals surface area contributed by atoms with Gasteiger partial charge >= 0.3 is 0 Å². The molecule has 2 rings (SSSR count). The topological polar surface area (TPSA) is 84.9 Å². The molecule has 8 heteroatoms. The summed E-state index contributed by atoms with van der Waals surface area (Å²) >= 11 is 0. The molecule has 1 saturated heterocycles. The molecule has 1 aliphatic rings. The fourth-order valence-corrected chi connectivity index (χ4v) is 3.52. The molecule has 1 fully saturated rings. The van der Waals surface area contributed by atoms with Crippen LogP contribution in [0.1, 0.15) is 19.8 Å². The predicted octanol–water partition coefficient (Wildman–Crippen LogP) is 1.15. The smallest absolute Gasteiger partial charge is 0.258 e. The van der Waals surface area contributed by atoms with E-state index in [0.29, 0.717) is 24.5 Å². The third-order valence-electron chi connectivity index (χ3n) is 3.73. The Morgan fingerprint density at radius 1 is 1.38 bits per heavy atom. The fourth-order valence-electron chi connectivity index (χ4n) is 2.55. The second-order valence-corrected chi connectivity index (χ2v) is 7.56. The summed E-state index contributed by atoms with van der Waals surface area (Å²) in [5, 5.41) is 2.78. The van der Waals surface area contributed by atoms with Gasteiger partial charge in [-0.15, -0.1) is 0 Å². The number of ether oxygens (including phenoxy) is 2. The molecule has 1 N–H and O–H groups in total. The highest BCUT2D eigenvalue weighted by Gasteiger charge is 2.17. The van der Waals surface area contributed by atoms with Gasteiger partial charge < -0.3 is 14.8 Å². The van der Waals surface area contributed by atoms with Crippen molar-refractivity contribution in [2.75, 3.05) is 36.9 Å². The van der Waals surface area contributed by atoms with E-state index in [0.717, 1.165) is 19.4 Å². The van der Waals surface area contributed by atoms with Crippen molar-refractivity contribution in [2.45, 2.75) is 25.9 Å².